The van der Waals surface area contributed by atoms with Crippen molar-refractivity contribution >= 4 is 28.6 Å². The number of hydrogen-bond donors (Lipinski definition) is 0. The molecule has 0 aliphatic carbocycles. The summed E-state index contributed by atoms with van der Waals surface area (Å²) in [6.45, 7) is 2.10. The van der Waals surface area contributed by atoms with Gasteiger partial charge < -0.3 is 4.74 Å². The molecule has 0 aliphatic heterocycles. The summed E-state index contributed by atoms with van der Waals surface area (Å²) >= 11 is 2.02. The standard InChI is InChI=1S/C7H7IN2O2/c1-2-12-7(11)5-3-4-6(8)10-9-5/h3-4H,2H2,1H3. The van der Waals surface area contributed by atoms with Crippen LogP contribution in [0.15, 0.2) is 12.1 Å². The minimum Gasteiger partial charge on any atom is -0.461 e. The lowest BCUT2D eigenvalue weighted by Crippen LogP contribution is -2.08. The van der Waals surface area contributed by atoms with Crippen LogP contribution in [0.5, 0.6) is 0 Å². The first-order chi connectivity index (χ1) is 5.74. The molecule has 4 nitrogen and oxygen atoms in total. The number of rotatable bonds is 2. The Morgan fingerprint density at radius 1 is 1.58 bits per heavy atom. The summed E-state index contributed by atoms with van der Waals surface area (Å²) in [4.78, 5) is 11.0. The van der Waals surface area contributed by atoms with Crippen LogP contribution in [0.1, 0.15) is 17.4 Å². The fourth-order valence-electron chi connectivity index (χ4n) is 0.630. The van der Waals surface area contributed by atoms with E-state index in [4.69, 9.17) is 4.74 Å². The van der Waals surface area contributed by atoms with Gasteiger partial charge in [0.25, 0.3) is 0 Å². The van der Waals surface area contributed by atoms with Crippen molar-refractivity contribution in [1.82, 2.24) is 10.2 Å². The molecule has 0 spiro atoms. The molecule has 0 saturated heterocycles. The van der Waals surface area contributed by atoms with E-state index in [-0.39, 0.29) is 5.69 Å². The van der Waals surface area contributed by atoms with Crippen molar-refractivity contribution in [3.63, 3.8) is 0 Å². The molecule has 0 bridgehead atoms. The molecule has 12 heavy (non-hydrogen) atoms. The van der Waals surface area contributed by atoms with Gasteiger partial charge in [0.15, 0.2) is 5.69 Å². The monoisotopic (exact) mass is 278 g/mol. The molecule has 5 heteroatoms. The Labute approximate surface area is 83.5 Å². The first kappa shape index (κ1) is 9.37. The number of esters is 1. The van der Waals surface area contributed by atoms with Crippen LogP contribution >= 0.6 is 22.6 Å². The van der Waals surface area contributed by atoms with E-state index in [1.807, 2.05) is 22.6 Å². The summed E-state index contributed by atoms with van der Waals surface area (Å²) in [7, 11) is 0. The van der Waals surface area contributed by atoms with Gasteiger partial charge in [-0.2, -0.15) is 0 Å². The predicted molar refractivity (Wildman–Crippen MR) is 50.7 cm³/mol. The molecule has 0 amide bonds. The zero-order valence-electron chi connectivity index (χ0n) is 6.45. The molecule has 1 aromatic rings. The Morgan fingerprint density at radius 3 is 2.83 bits per heavy atom. The second-order valence-corrected chi connectivity index (χ2v) is 3.07. The maximum atomic E-state index is 11.0. The van der Waals surface area contributed by atoms with E-state index in [9.17, 15) is 4.79 Å². The van der Waals surface area contributed by atoms with E-state index in [0.29, 0.717) is 6.61 Å². The lowest BCUT2D eigenvalue weighted by atomic mass is 10.4. The van der Waals surface area contributed by atoms with Crippen molar-refractivity contribution in [3.05, 3.63) is 21.5 Å². The minimum absolute atomic E-state index is 0.247. The molecule has 0 aliphatic rings. The van der Waals surface area contributed by atoms with E-state index in [1.165, 1.54) is 0 Å². The van der Waals surface area contributed by atoms with Gasteiger partial charge in [0.1, 0.15) is 3.70 Å². The molecule has 0 atom stereocenters. The second-order valence-electron chi connectivity index (χ2n) is 1.96. The first-order valence-corrected chi connectivity index (χ1v) is 4.48. The van der Waals surface area contributed by atoms with E-state index in [2.05, 4.69) is 10.2 Å². The van der Waals surface area contributed by atoms with Crippen LogP contribution in [-0.2, 0) is 4.74 Å². The van der Waals surface area contributed by atoms with Crippen molar-refractivity contribution in [1.29, 1.82) is 0 Å². The van der Waals surface area contributed by atoms with Crippen LogP contribution in [0.2, 0.25) is 0 Å². The zero-order chi connectivity index (χ0) is 8.97. The summed E-state index contributed by atoms with van der Waals surface area (Å²) in [5, 5.41) is 7.38. The van der Waals surface area contributed by atoms with Crippen LogP contribution in [0.25, 0.3) is 0 Å². The summed E-state index contributed by atoms with van der Waals surface area (Å²) in [6.07, 6.45) is 0. The van der Waals surface area contributed by atoms with Crippen molar-refractivity contribution in [2.24, 2.45) is 0 Å². The Bertz CT molecular complexity index is 273. The van der Waals surface area contributed by atoms with Crippen LogP contribution in [0.4, 0.5) is 0 Å². The highest BCUT2D eigenvalue weighted by atomic mass is 127. The minimum atomic E-state index is -0.429. The fraction of sp³-hybridized carbons (Fsp3) is 0.286. The molecule has 64 valence electrons. The number of carbonyl (C=O) groups excluding carboxylic acids is 1. The van der Waals surface area contributed by atoms with Crippen molar-refractivity contribution in [2.75, 3.05) is 6.61 Å². The van der Waals surface area contributed by atoms with Gasteiger partial charge in [-0.3, -0.25) is 0 Å². The third-order valence-corrected chi connectivity index (χ3v) is 1.69. The van der Waals surface area contributed by atoms with Crippen LogP contribution in [-0.4, -0.2) is 22.8 Å². The van der Waals surface area contributed by atoms with Gasteiger partial charge in [0.2, 0.25) is 0 Å². The van der Waals surface area contributed by atoms with E-state index in [0.717, 1.165) is 3.70 Å². The summed E-state index contributed by atoms with van der Waals surface area (Å²) in [5.41, 5.74) is 0.247. The molecule has 0 aromatic carbocycles. The molecule has 0 unspecified atom stereocenters. The molecular weight excluding hydrogens is 271 g/mol. The second kappa shape index (κ2) is 4.34. The largest absolute Gasteiger partial charge is 0.461 e. The summed E-state index contributed by atoms with van der Waals surface area (Å²) in [6, 6.07) is 3.30. The number of carbonyl (C=O) groups is 1. The average molecular weight is 278 g/mol. The Morgan fingerprint density at radius 2 is 2.33 bits per heavy atom. The molecule has 1 aromatic heterocycles. The molecule has 0 radical (unpaired) electrons. The Balaban J connectivity index is 2.75. The number of halogens is 1. The summed E-state index contributed by atoms with van der Waals surface area (Å²) < 4.78 is 5.47. The Hall–Kier alpha value is -0.720. The predicted octanol–water partition coefficient (Wildman–Crippen LogP) is 1.26. The summed E-state index contributed by atoms with van der Waals surface area (Å²) in [5.74, 6) is -0.429. The number of aromatic nitrogens is 2. The highest BCUT2D eigenvalue weighted by Crippen LogP contribution is 2.00. The number of hydrogen-bond acceptors (Lipinski definition) is 4. The maximum Gasteiger partial charge on any atom is 0.358 e. The lowest BCUT2D eigenvalue weighted by Gasteiger charge is -1.98. The van der Waals surface area contributed by atoms with Crippen LogP contribution in [0.3, 0.4) is 0 Å². The van der Waals surface area contributed by atoms with Gasteiger partial charge in [-0.05, 0) is 41.6 Å². The van der Waals surface area contributed by atoms with E-state index < -0.39 is 5.97 Å². The third-order valence-electron chi connectivity index (χ3n) is 1.12. The fourth-order valence-corrected chi connectivity index (χ4v) is 0.918. The quantitative estimate of drug-likeness (QED) is 0.603. The van der Waals surface area contributed by atoms with Crippen molar-refractivity contribution in [2.45, 2.75) is 6.92 Å². The highest BCUT2D eigenvalue weighted by Gasteiger charge is 2.07. The van der Waals surface area contributed by atoms with Crippen LogP contribution in [0, 0.1) is 3.70 Å². The number of ether oxygens (including phenoxy) is 1. The lowest BCUT2D eigenvalue weighted by molar-refractivity contribution is 0.0518. The first-order valence-electron chi connectivity index (χ1n) is 3.40. The highest BCUT2D eigenvalue weighted by molar-refractivity contribution is 14.1. The van der Waals surface area contributed by atoms with Crippen LogP contribution < -0.4 is 0 Å². The molecule has 0 N–H and O–H groups in total. The molecule has 1 rings (SSSR count). The Kier molecular flexibility index (Phi) is 3.39. The number of nitrogens with zero attached hydrogens (tertiary/aromatic N) is 2. The normalized spacial score (nSPS) is 9.50. The molecular formula is C7H7IN2O2. The smallest absolute Gasteiger partial charge is 0.358 e. The van der Waals surface area contributed by atoms with Crippen molar-refractivity contribution in [3.8, 4) is 0 Å². The average Bonchev–Trinajstić information content (AvgIpc) is 2.06. The topological polar surface area (TPSA) is 52.1 Å². The van der Waals surface area contributed by atoms with E-state index in [1.54, 1.807) is 19.1 Å². The van der Waals surface area contributed by atoms with Gasteiger partial charge in [0, 0.05) is 0 Å². The van der Waals surface area contributed by atoms with E-state index >= 15 is 0 Å². The van der Waals surface area contributed by atoms with Gasteiger partial charge >= 0.3 is 5.97 Å². The van der Waals surface area contributed by atoms with Gasteiger partial charge in [-0.25, -0.2) is 4.79 Å². The SMILES string of the molecule is CCOC(=O)c1ccc(I)nn1. The zero-order valence-corrected chi connectivity index (χ0v) is 8.61. The third kappa shape index (κ3) is 2.40. The van der Waals surface area contributed by atoms with Gasteiger partial charge in [0.05, 0.1) is 6.61 Å². The molecule has 1 heterocycles. The molecule has 0 saturated carbocycles. The molecule has 0 fully saturated rings. The van der Waals surface area contributed by atoms with Crippen molar-refractivity contribution < 1.29 is 9.53 Å². The van der Waals surface area contributed by atoms with Gasteiger partial charge in [-0.1, -0.05) is 0 Å². The van der Waals surface area contributed by atoms with Gasteiger partial charge in [-0.15, -0.1) is 10.2 Å². The maximum absolute atomic E-state index is 11.0.